The standard InChI is InChI=1S/C15H18N2OS/c1-9-3-4-12(18)15-11(7-10(2)14(9)15)17-8-13-16-5-6-19-13/h3-6,10-11,17-18H,7-8H2,1-2H3. The number of hydrogen-bond donors (Lipinski definition) is 2. The first-order chi connectivity index (χ1) is 9.16. The van der Waals surface area contributed by atoms with Crippen LogP contribution in [0.5, 0.6) is 5.75 Å². The van der Waals surface area contributed by atoms with Crippen molar-refractivity contribution >= 4 is 11.3 Å². The minimum absolute atomic E-state index is 0.230. The third-order valence-corrected chi connectivity index (χ3v) is 4.68. The molecule has 2 unspecified atom stereocenters. The van der Waals surface area contributed by atoms with E-state index >= 15 is 0 Å². The fraction of sp³-hybridized carbons (Fsp3) is 0.400. The van der Waals surface area contributed by atoms with Crippen LogP contribution in [0.1, 0.15) is 47.0 Å². The van der Waals surface area contributed by atoms with Crippen LogP contribution < -0.4 is 5.32 Å². The molecule has 0 saturated carbocycles. The highest BCUT2D eigenvalue weighted by Gasteiger charge is 2.31. The largest absolute Gasteiger partial charge is 0.508 e. The monoisotopic (exact) mass is 274 g/mol. The zero-order chi connectivity index (χ0) is 13.4. The first-order valence-corrected chi connectivity index (χ1v) is 7.49. The molecule has 19 heavy (non-hydrogen) atoms. The van der Waals surface area contributed by atoms with E-state index in [1.165, 1.54) is 11.1 Å². The van der Waals surface area contributed by atoms with E-state index in [-0.39, 0.29) is 6.04 Å². The summed E-state index contributed by atoms with van der Waals surface area (Å²) >= 11 is 1.66. The molecule has 0 radical (unpaired) electrons. The van der Waals surface area contributed by atoms with E-state index in [2.05, 4.69) is 24.1 Å². The predicted octanol–water partition coefficient (Wildman–Crippen LogP) is 3.50. The molecule has 100 valence electrons. The van der Waals surface area contributed by atoms with Gasteiger partial charge in [0.05, 0.1) is 0 Å². The van der Waals surface area contributed by atoms with Gasteiger partial charge in [-0.15, -0.1) is 11.3 Å². The highest BCUT2D eigenvalue weighted by Crippen LogP contribution is 2.45. The average molecular weight is 274 g/mol. The highest BCUT2D eigenvalue weighted by atomic mass is 32.1. The van der Waals surface area contributed by atoms with Crippen LogP contribution in [0, 0.1) is 6.92 Å². The SMILES string of the molecule is Cc1ccc(O)c2c1C(C)CC2NCc1nccs1. The molecule has 1 aromatic carbocycles. The molecular formula is C15H18N2OS. The van der Waals surface area contributed by atoms with Crippen LogP contribution >= 0.6 is 11.3 Å². The second kappa shape index (κ2) is 4.94. The van der Waals surface area contributed by atoms with Crippen molar-refractivity contribution in [1.82, 2.24) is 10.3 Å². The number of phenolic OH excluding ortho intramolecular Hbond substituents is 1. The Morgan fingerprint density at radius 3 is 3.00 bits per heavy atom. The van der Waals surface area contributed by atoms with Crippen molar-refractivity contribution in [1.29, 1.82) is 0 Å². The summed E-state index contributed by atoms with van der Waals surface area (Å²) < 4.78 is 0. The second-order valence-corrected chi connectivity index (χ2v) is 6.20. The van der Waals surface area contributed by atoms with Gasteiger partial charge in [-0.1, -0.05) is 13.0 Å². The van der Waals surface area contributed by atoms with Crippen molar-refractivity contribution in [3.63, 3.8) is 0 Å². The van der Waals surface area contributed by atoms with Crippen LogP contribution in [0.2, 0.25) is 0 Å². The molecule has 2 atom stereocenters. The van der Waals surface area contributed by atoms with Gasteiger partial charge in [-0.25, -0.2) is 4.98 Å². The Bertz CT molecular complexity index is 580. The number of benzene rings is 1. The minimum Gasteiger partial charge on any atom is -0.508 e. The van der Waals surface area contributed by atoms with Crippen LogP contribution in [-0.2, 0) is 6.54 Å². The average Bonchev–Trinajstić information content (AvgIpc) is 2.99. The van der Waals surface area contributed by atoms with Crippen LogP contribution in [0.15, 0.2) is 23.7 Å². The van der Waals surface area contributed by atoms with Gasteiger partial charge in [0.15, 0.2) is 0 Å². The van der Waals surface area contributed by atoms with Crippen LogP contribution in [0.3, 0.4) is 0 Å². The summed E-state index contributed by atoms with van der Waals surface area (Å²) in [6, 6.07) is 4.05. The number of phenols is 1. The number of aromatic hydroxyl groups is 1. The molecule has 0 amide bonds. The van der Waals surface area contributed by atoms with Crippen LogP contribution in [0.4, 0.5) is 0 Å². The zero-order valence-electron chi connectivity index (χ0n) is 11.2. The number of hydrogen-bond acceptors (Lipinski definition) is 4. The molecule has 3 nitrogen and oxygen atoms in total. The number of nitrogens with one attached hydrogen (secondary N) is 1. The molecule has 0 fully saturated rings. The van der Waals surface area contributed by atoms with E-state index < -0.39 is 0 Å². The highest BCUT2D eigenvalue weighted by molar-refractivity contribution is 7.09. The van der Waals surface area contributed by atoms with Crippen molar-refractivity contribution in [2.24, 2.45) is 0 Å². The predicted molar refractivity (Wildman–Crippen MR) is 77.6 cm³/mol. The zero-order valence-corrected chi connectivity index (χ0v) is 12.0. The smallest absolute Gasteiger partial charge is 0.120 e. The fourth-order valence-electron chi connectivity index (χ4n) is 3.08. The molecule has 4 heteroatoms. The van der Waals surface area contributed by atoms with Gasteiger partial charge in [0.2, 0.25) is 0 Å². The molecule has 3 rings (SSSR count). The van der Waals surface area contributed by atoms with E-state index in [0.717, 1.165) is 23.5 Å². The molecule has 1 aromatic heterocycles. The number of aromatic nitrogens is 1. The van der Waals surface area contributed by atoms with Crippen LogP contribution in [0.25, 0.3) is 0 Å². The summed E-state index contributed by atoms with van der Waals surface area (Å²) in [7, 11) is 0. The summed E-state index contributed by atoms with van der Waals surface area (Å²) in [5, 5.41) is 16.8. The molecule has 1 heterocycles. The van der Waals surface area contributed by atoms with Gasteiger partial charge in [-0.05, 0) is 36.5 Å². The quantitative estimate of drug-likeness (QED) is 0.900. The maximum absolute atomic E-state index is 10.1. The van der Waals surface area contributed by atoms with E-state index in [0.29, 0.717) is 11.7 Å². The molecule has 2 N–H and O–H groups in total. The molecule has 0 bridgehead atoms. The maximum Gasteiger partial charge on any atom is 0.120 e. The molecule has 0 spiro atoms. The number of rotatable bonds is 3. The molecular weight excluding hydrogens is 256 g/mol. The topological polar surface area (TPSA) is 45.1 Å². The van der Waals surface area contributed by atoms with Gasteiger partial charge >= 0.3 is 0 Å². The fourth-order valence-corrected chi connectivity index (χ4v) is 3.65. The molecule has 1 aliphatic carbocycles. The Hall–Kier alpha value is -1.39. The first kappa shape index (κ1) is 12.6. The van der Waals surface area contributed by atoms with Gasteiger partial charge in [-0.2, -0.15) is 0 Å². The third kappa shape index (κ3) is 2.26. The Kier molecular flexibility index (Phi) is 3.29. The molecule has 2 aromatic rings. The van der Waals surface area contributed by atoms with E-state index in [1.807, 2.05) is 23.7 Å². The Balaban J connectivity index is 1.85. The van der Waals surface area contributed by atoms with Crippen molar-refractivity contribution in [2.45, 2.75) is 38.8 Å². The lowest BCUT2D eigenvalue weighted by Crippen LogP contribution is -2.18. The number of aryl methyl sites for hydroxylation is 1. The third-order valence-electron chi connectivity index (χ3n) is 3.90. The Morgan fingerprint density at radius 1 is 1.42 bits per heavy atom. The van der Waals surface area contributed by atoms with E-state index in [9.17, 15) is 5.11 Å². The van der Waals surface area contributed by atoms with Crippen molar-refractivity contribution in [3.8, 4) is 5.75 Å². The van der Waals surface area contributed by atoms with Gasteiger partial charge in [-0.3, -0.25) is 0 Å². The Labute approximate surface area is 117 Å². The van der Waals surface area contributed by atoms with Gasteiger partial charge in [0.1, 0.15) is 10.8 Å². The van der Waals surface area contributed by atoms with Crippen molar-refractivity contribution in [3.05, 3.63) is 45.4 Å². The number of fused-ring (bicyclic) bond motifs is 1. The lowest BCUT2D eigenvalue weighted by Gasteiger charge is -2.15. The lowest BCUT2D eigenvalue weighted by atomic mass is 9.97. The summed E-state index contributed by atoms with van der Waals surface area (Å²) in [4.78, 5) is 4.29. The molecule has 0 saturated heterocycles. The maximum atomic E-state index is 10.1. The number of thiazole rings is 1. The number of nitrogens with zero attached hydrogens (tertiary/aromatic N) is 1. The minimum atomic E-state index is 0.230. The summed E-state index contributed by atoms with van der Waals surface area (Å²) in [6.07, 6.45) is 2.87. The first-order valence-electron chi connectivity index (χ1n) is 6.61. The van der Waals surface area contributed by atoms with Crippen molar-refractivity contribution < 1.29 is 5.11 Å². The second-order valence-electron chi connectivity index (χ2n) is 5.23. The van der Waals surface area contributed by atoms with E-state index in [1.54, 1.807) is 11.3 Å². The lowest BCUT2D eigenvalue weighted by molar-refractivity contribution is 0.445. The summed E-state index contributed by atoms with van der Waals surface area (Å²) in [5.74, 6) is 0.914. The van der Waals surface area contributed by atoms with Gasteiger partial charge in [0, 0.05) is 29.7 Å². The normalized spacial score (nSPS) is 21.6. The Morgan fingerprint density at radius 2 is 2.26 bits per heavy atom. The van der Waals surface area contributed by atoms with Gasteiger partial charge < -0.3 is 10.4 Å². The van der Waals surface area contributed by atoms with Gasteiger partial charge in [0.25, 0.3) is 0 Å². The summed E-state index contributed by atoms with van der Waals surface area (Å²) in [6.45, 7) is 5.12. The van der Waals surface area contributed by atoms with Crippen molar-refractivity contribution in [2.75, 3.05) is 0 Å². The van der Waals surface area contributed by atoms with E-state index in [4.69, 9.17) is 0 Å². The molecule has 1 aliphatic rings. The molecule has 0 aliphatic heterocycles. The summed E-state index contributed by atoms with van der Waals surface area (Å²) in [5.41, 5.74) is 3.68. The van der Waals surface area contributed by atoms with Crippen LogP contribution in [-0.4, -0.2) is 10.1 Å².